The zero-order chi connectivity index (χ0) is 0. The first-order chi connectivity index (χ1) is 0. The quantitative estimate of drug-likeness (QED) is 0.323. The summed E-state index contributed by atoms with van der Waals surface area (Å²) in [6, 6.07) is 0. The summed E-state index contributed by atoms with van der Waals surface area (Å²) in [7, 11) is 0. The normalized spacial score (nSPS) is 0. The first-order valence-electron chi connectivity index (χ1n) is 0. The van der Waals surface area contributed by atoms with E-state index in [2.05, 4.69) is 0 Å². The minimum Gasteiger partial charge on any atom is -1.00 e. The summed E-state index contributed by atoms with van der Waals surface area (Å²) in [6.45, 7) is 0. The molecule has 0 aliphatic heterocycles. The van der Waals surface area contributed by atoms with Gasteiger partial charge in [-0.3, -0.25) is 0 Å². The topological polar surface area (TPSA) is 31.5 Å². The minimum absolute atomic E-state index is 0. The summed E-state index contributed by atoms with van der Waals surface area (Å²) in [4.78, 5) is 0. The molecule has 19 valence electrons. The summed E-state index contributed by atoms with van der Waals surface area (Å²) >= 11 is 0. The molecule has 0 saturated carbocycles. The molecule has 0 aromatic heterocycles. The Labute approximate surface area is 59.7 Å². The molecule has 2 N–H and O–H groups in total. The Morgan fingerprint density at radius 2 is 1.25 bits per heavy atom. The second-order valence-electron chi connectivity index (χ2n) is 0. The fraction of sp³-hybridized carbons (Fsp3) is 0. The summed E-state index contributed by atoms with van der Waals surface area (Å²) in [6.07, 6.45) is 0. The van der Waals surface area contributed by atoms with E-state index >= 15 is 0 Å². The monoisotopic (exact) mass is 99.0 g/mol. The third-order valence-corrected chi connectivity index (χ3v) is 0. The van der Waals surface area contributed by atoms with Crippen molar-refractivity contribution in [2.45, 2.75) is 0 Å². The first kappa shape index (κ1) is 50.4. The Morgan fingerprint density at radius 3 is 1.25 bits per heavy atom. The van der Waals surface area contributed by atoms with E-state index in [-0.39, 0.29) is 59.7 Å². The number of hydrogen-bond acceptors (Lipinski definition) is 0. The van der Waals surface area contributed by atoms with Crippen molar-refractivity contribution in [2.24, 2.45) is 0 Å². The van der Waals surface area contributed by atoms with Gasteiger partial charge >= 0.3 is 23.1 Å². The van der Waals surface area contributed by atoms with Crippen LogP contribution in [0.1, 0.15) is 2.85 Å². The average molecular weight is 99.4 g/mol. The molecule has 0 unspecified atom stereocenters. The molecule has 0 fully saturated rings. The molecular weight excluding hydrogens is 95.4 g/mol. The Morgan fingerprint density at radius 1 is 1.25 bits per heavy atom. The molecule has 1 nitrogen and oxygen atoms in total. The molecule has 0 aliphatic rings. The molecule has 0 atom stereocenters. The van der Waals surface area contributed by atoms with Crippen LogP contribution in [-0.2, 0) is 0 Å². The van der Waals surface area contributed by atoms with Crippen molar-refractivity contribution in [2.75, 3.05) is 0 Å². The maximum atomic E-state index is 0. The predicted octanol–water partition coefficient (Wildman–Crippen LogP) is -1.74. The molecule has 0 rings (SSSR count). The molecule has 0 aromatic rings. The largest absolute Gasteiger partial charge is 2.00 e. The molecule has 4 heteroatoms. The molecule has 0 aromatic carbocycles. The smallest absolute Gasteiger partial charge is 1.00 e. The van der Waals surface area contributed by atoms with E-state index in [0.29, 0.717) is 0 Å². The molecule has 4 heavy (non-hydrogen) atoms. The molecular formula is H4AlMgOSi. The van der Waals surface area contributed by atoms with Gasteiger partial charge in [-0.15, -0.1) is 0 Å². The third-order valence-electron chi connectivity index (χ3n) is 0. The standard InChI is InChI=1S/Al.Mg.H2O.Si.2H/h;;1H2;;;/q;+2;;;2*-1. The number of rotatable bonds is 0. The van der Waals surface area contributed by atoms with Gasteiger partial charge in [-0.25, -0.2) is 0 Å². The van der Waals surface area contributed by atoms with Crippen molar-refractivity contribution in [3.05, 3.63) is 0 Å². The fourth-order valence-corrected chi connectivity index (χ4v) is 0. The van der Waals surface area contributed by atoms with E-state index in [9.17, 15) is 0 Å². The molecule has 0 saturated heterocycles. The summed E-state index contributed by atoms with van der Waals surface area (Å²) < 4.78 is 0. The molecule has 0 bridgehead atoms. The van der Waals surface area contributed by atoms with Crippen molar-refractivity contribution < 1.29 is 8.33 Å². The Balaban J connectivity index is 0. The minimum atomic E-state index is 0. The molecule has 0 heterocycles. The van der Waals surface area contributed by atoms with Crippen LogP contribution >= 0.6 is 0 Å². The van der Waals surface area contributed by atoms with Gasteiger partial charge in [-0.1, -0.05) is 0 Å². The van der Waals surface area contributed by atoms with Crippen LogP contribution in [0.3, 0.4) is 0 Å². The Kier molecular flexibility index (Phi) is 313. The van der Waals surface area contributed by atoms with Gasteiger partial charge < -0.3 is 8.33 Å². The van der Waals surface area contributed by atoms with Crippen LogP contribution in [0.4, 0.5) is 0 Å². The molecule has 0 spiro atoms. The van der Waals surface area contributed by atoms with Crippen LogP contribution in [0.5, 0.6) is 0 Å². The van der Waals surface area contributed by atoms with Gasteiger partial charge in [-0.05, 0) is 0 Å². The Bertz CT molecular complexity index is 13.5. The van der Waals surface area contributed by atoms with Crippen molar-refractivity contribution in [3.63, 3.8) is 0 Å². The van der Waals surface area contributed by atoms with Gasteiger partial charge in [0, 0.05) is 28.3 Å². The second kappa shape index (κ2) is 24.8. The van der Waals surface area contributed by atoms with E-state index in [1.807, 2.05) is 0 Å². The van der Waals surface area contributed by atoms with Crippen LogP contribution < -0.4 is 0 Å². The van der Waals surface area contributed by atoms with Gasteiger partial charge in [0.05, 0.1) is 0 Å². The zero-order valence-electron chi connectivity index (χ0n) is 4.28. The van der Waals surface area contributed by atoms with Gasteiger partial charge in [0.2, 0.25) is 0 Å². The van der Waals surface area contributed by atoms with Gasteiger partial charge in [0.15, 0.2) is 0 Å². The van der Waals surface area contributed by atoms with Gasteiger partial charge in [0.1, 0.15) is 0 Å². The average Bonchev–Trinajstić information content (AvgIpc) is 0. The van der Waals surface area contributed by atoms with Gasteiger partial charge in [0.25, 0.3) is 0 Å². The van der Waals surface area contributed by atoms with E-state index in [1.54, 1.807) is 0 Å². The summed E-state index contributed by atoms with van der Waals surface area (Å²) in [5, 5.41) is 0. The maximum absolute atomic E-state index is 0. The maximum Gasteiger partial charge on any atom is 2.00 e. The fourth-order valence-electron chi connectivity index (χ4n) is 0. The first-order valence-corrected chi connectivity index (χ1v) is 0. The van der Waals surface area contributed by atoms with Crippen LogP contribution in [-0.4, -0.2) is 56.9 Å². The Hall–Kier alpha value is 1.48. The zero-order valence-corrected chi connectivity index (χ0v) is 5.85. The van der Waals surface area contributed by atoms with Crippen LogP contribution in [0, 0.1) is 0 Å². The molecule has 0 amide bonds. The third kappa shape index (κ3) is 9.78. The summed E-state index contributed by atoms with van der Waals surface area (Å²) in [5.41, 5.74) is 0. The molecule has 7 radical (unpaired) electrons. The van der Waals surface area contributed by atoms with Crippen LogP contribution in [0.2, 0.25) is 0 Å². The van der Waals surface area contributed by atoms with Crippen molar-refractivity contribution in [1.29, 1.82) is 0 Å². The van der Waals surface area contributed by atoms with Crippen LogP contribution in [0.25, 0.3) is 0 Å². The van der Waals surface area contributed by atoms with Crippen molar-refractivity contribution >= 4 is 51.4 Å². The van der Waals surface area contributed by atoms with Crippen molar-refractivity contribution in [3.8, 4) is 0 Å². The van der Waals surface area contributed by atoms with Crippen LogP contribution in [0.15, 0.2) is 0 Å². The van der Waals surface area contributed by atoms with E-state index in [1.165, 1.54) is 0 Å². The predicted molar refractivity (Wildman–Crippen MR) is 23.1 cm³/mol. The van der Waals surface area contributed by atoms with E-state index in [0.717, 1.165) is 0 Å². The van der Waals surface area contributed by atoms with E-state index < -0.39 is 0 Å². The van der Waals surface area contributed by atoms with E-state index in [4.69, 9.17) is 0 Å². The molecule has 0 aliphatic carbocycles. The van der Waals surface area contributed by atoms with Crippen molar-refractivity contribution in [1.82, 2.24) is 0 Å². The number of hydrogen-bond donors (Lipinski definition) is 0. The second-order valence-corrected chi connectivity index (χ2v) is 0. The SMILES string of the molecule is O.[Al].[H-].[H-].[Mg+2].[Si]. The van der Waals surface area contributed by atoms with Gasteiger partial charge in [-0.2, -0.15) is 0 Å². The summed E-state index contributed by atoms with van der Waals surface area (Å²) in [5.74, 6) is 0.